The molecule has 4 heteroatoms. The zero-order valence-corrected chi connectivity index (χ0v) is 10.7. The lowest BCUT2D eigenvalue weighted by Crippen LogP contribution is -2.12. The number of carbonyl (C=O) groups is 1. The Bertz CT molecular complexity index is 428. The Morgan fingerprint density at radius 2 is 2.00 bits per heavy atom. The van der Waals surface area contributed by atoms with Crippen molar-refractivity contribution < 1.29 is 13.6 Å². The van der Waals surface area contributed by atoms with Crippen molar-refractivity contribution in [3.63, 3.8) is 0 Å². The molecule has 1 saturated carbocycles. The van der Waals surface area contributed by atoms with Crippen molar-refractivity contribution in [2.45, 2.75) is 38.0 Å². The van der Waals surface area contributed by atoms with E-state index < -0.39 is 5.92 Å². The molecule has 1 unspecified atom stereocenters. The van der Waals surface area contributed by atoms with Crippen LogP contribution < -0.4 is 0 Å². The van der Waals surface area contributed by atoms with Crippen molar-refractivity contribution in [1.29, 1.82) is 0 Å². The molecule has 1 aliphatic rings. The highest BCUT2D eigenvalue weighted by Gasteiger charge is 2.39. The predicted octanol–water partition coefficient (Wildman–Crippen LogP) is 4.28. The molecule has 0 bridgehead atoms. The maximum absolute atomic E-state index is 13.0. The van der Waals surface area contributed by atoms with Gasteiger partial charge < -0.3 is 0 Å². The summed E-state index contributed by atoms with van der Waals surface area (Å²) < 4.78 is 26.0. The molecule has 1 nitrogen and oxygen atoms in total. The average Bonchev–Trinajstić information content (AvgIpc) is 2.61. The van der Waals surface area contributed by atoms with E-state index >= 15 is 0 Å². The molecule has 2 rings (SSSR count). The van der Waals surface area contributed by atoms with Crippen molar-refractivity contribution in [2.75, 3.05) is 0 Å². The zero-order valence-electron chi connectivity index (χ0n) is 9.96. The minimum Gasteiger partial charge on any atom is -0.299 e. The summed E-state index contributed by atoms with van der Waals surface area (Å²) in [5.41, 5.74) is 0.883. The largest absolute Gasteiger partial charge is 0.299 e. The van der Waals surface area contributed by atoms with Crippen LogP contribution in [0.3, 0.4) is 0 Å². The fourth-order valence-electron chi connectivity index (χ4n) is 2.44. The van der Waals surface area contributed by atoms with Gasteiger partial charge in [0.25, 0.3) is 0 Å². The van der Waals surface area contributed by atoms with Crippen molar-refractivity contribution in [1.82, 2.24) is 0 Å². The van der Waals surface area contributed by atoms with E-state index in [1.165, 1.54) is 0 Å². The third kappa shape index (κ3) is 3.77. The van der Waals surface area contributed by atoms with Crippen LogP contribution in [-0.2, 0) is 11.2 Å². The first-order valence-corrected chi connectivity index (χ1v) is 6.46. The SMILES string of the molecule is O=C(Cc1ccc(Cl)cc1)CC1CCC(F)(F)C1. The quantitative estimate of drug-likeness (QED) is 0.800. The molecular formula is C14H15ClF2O. The normalized spacial score (nSPS) is 22.1. The van der Waals surface area contributed by atoms with Crippen LogP contribution in [-0.4, -0.2) is 11.7 Å². The van der Waals surface area contributed by atoms with Crippen LogP contribution in [0.15, 0.2) is 24.3 Å². The molecule has 1 fully saturated rings. The second kappa shape index (κ2) is 5.35. The van der Waals surface area contributed by atoms with E-state index in [1.54, 1.807) is 24.3 Å². The van der Waals surface area contributed by atoms with Crippen LogP contribution in [0.5, 0.6) is 0 Å². The minimum absolute atomic E-state index is 0.0278. The van der Waals surface area contributed by atoms with Crippen LogP contribution in [0, 0.1) is 5.92 Å². The van der Waals surface area contributed by atoms with E-state index in [0.29, 0.717) is 17.9 Å². The molecule has 1 aromatic carbocycles. The first-order valence-electron chi connectivity index (χ1n) is 6.08. The Kier molecular flexibility index (Phi) is 4.00. The summed E-state index contributed by atoms with van der Waals surface area (Å²) in [4.78, 5) is 11.8. The van der Waals surface area contributed by atoms with E-state index in [0.717, 1.165) is 5.56 Å². The number of halogens is 3. The van der Waals surface area contributed by atoms with Gasteiger partial charge in [-0.3, -0.25) is 4.79 Å². The number of ketones is 1. The van der Waals surface area contributed by atoms with Gasteiger partial charge in [-0.2, -0.15) is 0 Å². The van der Waals surface area contributed by atoms with Gasteiger partial charge in [-0.1, -0.05) is 23.7 Å². The van der Waals surface area contributed by atoms with E-state index in [4.69, 9.17) is 11.6 Å². The molecule has 1 aromatic rings. The number of carbonyl (C=O) groups excluding carboxylic acids is 1. The van der Waals surface area contributed by atoms with Crippen LogP contribution >= 0.6 is 11.6 Å². The van der Waals surface area contributed by atoms with Gasteiger partial charge in [-0.25, -0.2) is 8.78 Å². The van der Waals surface area contributed by atoms with Gasteiger partial charge in [-0.05, 0) is 30.0 Å². The van der Waals surface area contributed by atoms with Crippen molar-refractivity contribution >= 4 is 17.4 Å². The summed E-state index contributed by atoms with van der Waals surface area (Å²) in [5.74, 6) is -2.69. The van der Waals surface area contributed by atoms with Gasteiger partial charge in [0.05, 0.1) is 0 Å². The number of benzene rings is 1. The van der Waals surface area contributed by atoms with Crippen LogP contribution in [0.4, 0.5) is 8.78 Å². The Morgan fingerprint density at radius 3 is 2.56 bits per heavy atom. The van der Waals surface area contributed by atoms with Crippen LogP contribution in [0.1, 0.15) is 31.2 Å². The monoisotopic (exact) mass is 272 g/mol. The molecule has 0 heterocycles. The lowest BCUT2D eigenvalue weighted by Gasteiger charge is -2.09. The molecule has 0 radical (unpaired) electrons. The summed E-state index contributed by atoms with van der Waals surface area (Å²) in [7, 11) is 0. The molecular weight excluding hydrogens is 258 g/mol. The number of hydrogen-bond acceptors (Lipinski definition) is 1. The Labute approximate surface area is 110 Å². The van der Waals surface area contributed by atoms with Crippen molar-refractivity contribution in [3.05, 3.63) is 34.9 Å². The molecule has 0 aromatic heterocycles. The lowest BCUT2D eigenvalue weighted by atomic mass is 9.97. The fraction of sp³-hybridized carbons (Fsp3) is 0.500. The molecule has 0 aliphatic heterocycles. The number of alkyl halides is 2. The molecule has 18 heavy (non-hydrogen) atoms. The third-order valence-corrected chi connectivity index (χ3v) is 3.59. The molecule has 1 atom stereocenters. The topological polar surface area (TPSA) is 17.1 Å². The highest BCUT2D eigenvalue weighted by Crippen LogP contribution is 2.40. The van der Waals surface area contributed by atoms with E-state index in [1.807, 2.05) is 0 Å². The highest BCUT2D eigenvalue weighted by atomic mass is 35.5. The molecule has 0 spiro atoms. The second-order valence-corrected chi connectivity index (χ2v) is 5.45. The molecule has 98 valence electrons. The number of Topliss-reactive ketones (excluding diaryl/α,β-unsaturated/α-hetero) is 1. The van der Waals surface area contributed by atoms with Crippen LogP contribution in [0.25, 0.3) is 0 Å². The van der Waals surface area contributed by atoms with E-state index in [-0.39, 0.29) is 31.0 Å². The van der Waals surface area contributed by atoms with Gasteiger partial charge in [0.2, 0.25) is 5.92 Å². The fourth-order valence-corrected chi connectivity index (χ4v) is 2.57. The summed E-state index contributed by atoms with van der Waals surface area (Å²) >= 11 is 5.75. The standard InChI is InChI=1S/C14H15ClF2O/c15-12-3-1-10(2-4-12)7-13(18)8-11-5-6-14(16,17)9-11/h1-4,11H,5-9H2. The first-order chi connectivity index (χ1) is 8.44. The lowest BCUT2D eigenvalue weighted by molar-refractivity contribution is -0.119. The smallest absolute Gasteiger partial charge is 0.248 e. The van der Waals surface area contributed by atoms with Crippen molar-refractivity contribution in [2.24, 2.45) is 5.92 Å². The van der Waals surface area contributed by atoms with Gasteiger partial charge >= 0.3 is 0 Å². The molecule has 0 saturated heterocycles. The van der Waals surface area contributed by atoms with E-state index in [9.17, 15) is 13.6 Å². The summed E-state index contributed by atoms with van der Waals surface area (Å²) in [6, 6.07) is 7.05. The van der Waals surface area contributed by atoms with Gasteiger partial charge in [0.15, 0.2) is 0 Å². The van der Waals surface area contributed by atoms with Gasteiger partial charge in [0.1, 0.15) is 5.78 Å². The highest BCUT2D eigenvalue weighted by molar-refractivity contribution is 6.30. The van der Waals surface area contributed by atoms with Crippen LogP contribution in [0.2, 0.25) is 5.02 Å². The predicted molar refractivity (Wildman–Crippen MR) is 67.1 cm³/mol. The van der Waals surface area contributed by atoms with Gasteiger partial charge in [0, 0.05) is 30.7 Å². The Morgan fingerprint density at radius 1 is 1.33 bits per heavy atom. The summed E-state index contributed by atoms with van der Waals surface area (Å²) in [6.45, 7) is 0. The average molecular weight is 273 g/mol. The molecule has 0 N–H and O–H groups in total. The first kappa shape index (κ1) is 13.5. The Hall–Kier alpha value is -0.960. The third-order valence-electron chi connectivity index (χ3n) is 3.34. The minimum atomic E-state index is -2.56. The maximum atomic E-state index is 13.0. The van der Waals surface area contributed by atoms with Crippen molar-refractivity contribution in [3.8, 4) is 0 Å². The maximum Gasteiger partial charge on any atom is 0.248 e. The summed E-state index contributed by atoms with van der Waals surface area (Å²) in [5, 5.41) is 0.627. The molecule has 1 aliphatic carbocycles. The second-order valence-electron chi connectivity index (χ2n) is 5.01. The zero-order chi connectivity index (χ0) is 13.2. The van der Waals surface area contributed by atoms with E-state index in [2.05, 4.69) is 0 Å². The summed E-state index contributed by atoms with van der Waals surface area (Å²) in [6.07, 6.45) is 0.808. The number of hydrogen-bond donors (Lipinski definition) is 0. The molecule has 0 amide bonds. The number of rotatable bonds is 4. The van der Waals surface area contributed by atoms with Gasteiger partial charge in [-0.15, -0.1) is 0 Å². The Balaban J connectivity index is 1.84.